The molecule has 0 radical (unpaired) electrons. The van der Waals surface area contributed by atoms with Crippen LogP contribution in [0.3, 0.4) is 0 Å². The van der Waals surface area contributed by atoms with Crippen LogP contribution in [0.2, 0.25) is 5.02 Å². The van der Waals surface area contributed by atoms with Gasteiger partial charge in [-0.2, -0.15) is 0 Å². The monoisotopic (exact) mass is 365 g/mol. The number of hydrogen-bond acceptors (Lipinski definition) is 4. The van der Waals surface area contributed by atoms with E-state index in [1.807, 2.05) is 48.5 Å². The molecule has 0 aliphatic carbocycles. The predicted octanol–water partition coefficient (Wildman–Crippen LogP) is 3.09. The first-order valence-electron chi connectivity index (χ1n) is 8.18. The van der Waals surface area contributed by atoms with Gasteiger partial charge in [0.2, 0.25) is 0 Å². The molecule has 3 N–H and O–H groups in total. The number of para-hydroxylation sites is 2. The lowest BCUT2D eigenvalue weighted by atomic mass is 10.1. The molecule has 0 atom stereocenters. The maximum Gasteiger partial charge on any atom is 0.271 e. The molecule has 0 aliphatic rings. The molecule has 0 aliphatic heterocycles. The normalized spacial score (nSPS) is 11.1. The number of nitrogens with one attached hydrogen (secondary N) is 1. The van der Waals surface area contributed by atoms with Crippen molar-refractivity contribution in [2.24, 2.45) is 0 Å². The minimum Gasteiger partial charge on any atom is -0.381 e. The molecule has 0 bridgehead atoms. The number of rotatable bonds is 4. The van der Waals surface area contributed by atoms with E-state index >= 15 is 0 Å². The van der Waals surface area contributed by atoms with E-state index in [2.05, 4.69) is 15.3 Å². The maximum absolute atomic E-state index is 12.5. The van der Waals surface area contributed by atoms with E-state index in [1.165, 1.54) is 0 Å². The SMILES string of the molecule is Nc1nc(C(=O)NCCc2cccc(Cl)c2)cn2c1nc1ccccc12. The number of nitrogens with zero attached hydrogens (tertiary/aromatic N) is 3. The van der Waals surface area contributed by atoms with E-state index in [0.29, 0.717) is 23.6 Å². The van der Waals surface area contributed by atoms with Crippen molar-refractivity contribution in [3.8, 4) is 0 Å². The molecule has 26 heavy (non-hydrogen) atoms. The minimum absolute atomic E-state index is 0.226. The quantitative estimate of drug-likeness (QED) is 0.582. The minimum atomic E-state index is -0.279. The number of carbonyl (C=O) groups is 1. The van der Waals surface area contributed by atoms with Crippen LogP contribution >= 0.6 is 11.6 Å². The van der Waals surface area contributed by atoms with Gasteiger partial charge in [0.05, 0.1) is 11.0 Å². The zero-order valence-electron chi connectivity index (χ0n) is 13.8. The molecule has 0 fully saturated rings. The maximum atomic E-state index is 12.5. The van der Waals surface area contributed by atoms with Gasteiger partial charge in [-0.3, -0.25) is 9.20 Å². The number of benzene rings is 2. The van der Waals surface area contributed by atoms with Crippen LogP contribution in [0.4, 0.5) is 5.82 Å². The second-order valence-electron chi connectivity index (χ2n) is 5.94. The number of nitrogen functional groups attached to an aromatic ring is 1. The summed E-state index contributed by atoms with van der Waals surface area (Å²) < 4.78 is 1.80. The Morgan fingerprint density at radius 2 is 2.00 bits per heavy atom. The summed E-state index contributed by atoms with van der Waals surface area (Å²) in [5.41, 5.74) is 9.54. The Bertz CT molecular complexity index is 1120. The molecule has 130 valence electrons. The van der Waals surface area contributed by atoms with E-state index in [4.69, 9.17) is 17.3 Å². The van der Waals surface area contributed by atoms with Crippen LogP contribution in [-0.4, -0.2) is 26.8 Å². The van der Waals surface area contributed by atoms with Crippen molar-refractivity contribution < 1.29 is 4.79 Å². The van der Waals surface area contributed by atoms with Crippen molar-refractivity contribution in [2.75, 3.05) is 12.3 Å². The summed E-state index contributed by atoms with van der Waals surface area (Å²) in [7, 11) is 0. The van der Waals surface area contributed by atoms with Crippen molar-refractivity contribution >= 4 is 40.0 Å². The lowest BCUT2D eigenvalue weighted by Gasteiger charge is -2.07. The molecule has 0 saturated carbocycles. The van der Waals surface area contributed by atoms with Gasteiger partial charge in [0.1, 0.15) is 5.69 Å². The van der Waals surface area contributed by atoms with Crippen molar-refractivity contribution in [1.82, 2.24) is 19.7 Å². The van der Waals surface area contributed by atoms with E-state index < -0.39 is 0 Å². The Morgan fingerprint density at radius 1 is 1.15 bits per heavy atom. The highest BCUT2D eigenvalue weighted by atomic mass is 35.5. The Balaban J connectivity index is 1.55. The van der Waals surface area contributed by atoms with Crippen LogP contribution < -0.4 is 11.1 Å². The second-order valence-corrected chi connectivity index (χ2v) is 6.38. The van der Waals surface area contributed by atoms with E-state index in [1.54, 1.807) is 10.6 Å². The van der Waals surface area contributed by atoms with Crippen LogP contribution in [0, 0.1) is 0 Å². The summed E-state index contributed by atoms with van der Waals surface area (Å²) in [6.07, 6.45) is 2.34. The Hall–Kier alpha value is -3.12. The average Bonchev–Trinajstić information content (AvgIpc) is 3.01. The first-order valence-corrected chi connectivity index (χ1v) is 8.55. The summed E-state index contributed by atoms with van der Waals surface area (Å²) >= 11 is 5.97. The fraction of sp³-hybridized carbons (Fsp3) is 0.105. The predicted molar refractivity (Wildman–Crippen MR) is 102 cm³/mol. The summed E-state index contributed by atoms with van der Waals surface area (Å²) in [5.74, 6) is -0.0536. The third-order valence-corrected chi connectivity index (χ3v) is 4.37. The van der Waals surface area contributed by atoms with Crippen molar-refractivity contribution in [3.05, 3.63) is 71.0 Å². The van der Waals surface area contributed by atoms with Gasteiger partial charge in [0.25, 0.3) is 5.91 Å². The number of amides is 1. The molecule has 0 spiro atoms. The van der Waals surface area contributed by atoms with Gasteiger partial charge in [0.15, 0.2) is 11.5 Å². The van der Waals surface area contributed by atoms with Gasteiger partial charge in [-0.15, -0.1) is 0 Å². The topological polar surface area (TPSA) is 85.3 Å². The number of fused-ring (bicyclic) bond motifs is 3. The standard InChI is InChI=1S/C19H16ClN5O/c20-13-5-3-4-12(10-13)8-9-22-19(26)15-11-25-16-7-2-1-6-14(16)24-18(25)17(21)23-15/h1-7,10-11H,8-9H2,(H2,21,23)(H,22,26). The van der Waals surface area contributed by atoms with Crippen LogP contribution in [-0.2, 0) is 6.42 Å². The smallest absolute Gasteiger partial charge is 0.271 e. The molecular weight excluding hydrogens is 350 g/mol. The van der Waals surface area contributed by atoms with E-state index in [-0.39, 0.29) is 17.4 Å². The van der Waals surface area contributed by atoms with Gasteiger partial charge in [0, 0.05) is 17.8 Å². The highest BCUT2D eigenvalue weighted by Crippen LogP contribution is 2.20. The molecule has 0 unspecified atom stereocenters. The van der Waals surface area contributed by atoms with Crippen molar-refractivity contribution in [3.63, 3.8) is 0 Å². The number of imidazole rings is 1. The van der Waals surface area contributed by atoms with Gasteiger partial charge in [-0.25, -0.2) is 9.97 Å². The average molecular weight is 366 g/mol. The molecule has 0 saturated heterocycles. The summed E-state index contributed by atoms with van der Waals surface area (Å²) in [5, 5.41) is 3.55. The molecule has 1 amide bonds. The molecule has 2 heterocycles. The number of anilines is 1. The van der Waals surface area contributed by atoms with E-state index in [0.717, 1.165) is 16.6 Å². The first-order chi connectivity index (χ1) is 12.6. The Kier molecular flexibility index (Phi) is 4.18. The zero-order valence-corrected chi connectivity index (χ0v) is 14.6. The molecule has 4 rings (SSSR count). The largest absolute Gasteiger partial charge is 0.381 e. The van der Waals surface area contributed by atoms with Crippen LogP contribution in [0.25, 0.3) is 16.7 Å². The van der Waals surface area contributed by atoms with Crippen LogP contribution in [0.15, 0.2) is 54.7 Å². The lowest BCUT2D eigenvalue weighted by molar-refractivity contribution is 0.0949. The Labute approximate surface area is 154 Å². The van der Waals surface area contributed by atoms with Crippen molar-refractivity contribution in [1.29, 1.82) is 0 Å². The number of nitrogens with two attached hydrogens (primary N) is 1. The van der Waals surface area contributed by atoms with Crippen molar-refractivity contribution in [2.45, 2.75) is 6.42 Å². The van der Waals surface area contributed by atoms with Crippen LogP contribution in [0.1, 0.15) is 16.1 Å². The number of halogens is 1. The van der Waals surface area contributed by atoms with Gasteiger partial charge >= 0.3 is 0 Å². The fourth-order valence-electron chi connectivity index (χ4n) is 2.90. The summed E-state index contributed by atoms with van der Waals surface area (Å²) in [6, 6.07) is 15.2. The molecule has 6 nitrogen and oxygen atoms in total. The second kappa shape index (κ2) is 6.65. The number of hydrogen-bond donors (Lipinski definition) is 2. The first kappa shape index (κ1) is 16.4. The fourth-order valence-corrected chi connectivity index (χ4v) is 3.11. The van der Waals surface area contributed by atoms with E-state index in [9.17, 15) is 4.79 Å². The van der Waals surface area contributed by atoms with Gasteiger partial charge in [-0.1, -0.05) is 35.9 Å². The van der Waals surface area contributed by atoms with Gasteiger partial charge in [-0.05, 0) is 36.2 Å². The third kappa shape index (κ3) is 3.07. The highest BCUT2D eigenvalue weighted by molar-refractivity contribution is 6.30. The third-order valence-electron chi connectivity index (χ3n) is 4.14. The number of carbonyl (C=O) groups excluding carboxylic acids is 1. The molecule has 7 heteroatoms. The summed E-state index contributed by atoms with van der Waals surface area (Å²) in [6.45, 7) is 0.476. The number of aromatic nitrogens is 3. The lowest BCUT2D eigenvalue weighted by Crippen LogP contribution is -2.27. The molecule has 2 aromatic heterocycles. The zero-order chi connectivity index (χ0) is 18.1. The summed E-state index contributed by atoms with van der Waals surface area (Å²) in [4.78, 5) is 21.1. The molecule has 4 aromatic rings. The molecule has 2 aromatic carbocycles. The van der Waals surface area contributed by atoms with Gasteiger partial charge < -0.3 is 11.1 Å². The molecular formula is C19H16ClN5O. The highest BCUT2D eigenvalue weighted by Gasteiger charge is 2.14. The van der Waals surface area contributed by atoms with Crippen LogP contribution in [0.5, 0.6) is 0 Å². The Morgan fingerprint density at radius 3 is 2.85 bits per heavy atom.